The van der Waals surface area contributed by atoms with E-state index in [1.807, 2.05) is 0 Å². The van der Waals surface area contributed by atoms with Crippen LogP contribution >= 0.6 is 27.5 Å². The first-order valence-corrected chi connectivity index (χ1v) is 5.26. The van der Waals surface area contributed by atoms with Gasteiger partial charge in [-0.3, -0.25) is 0 Å². The second-order valence-electron chi connectivity index (χ2n) is 3.04. The minimum atomic E-state index is -2.58. The number of rotatable bonds is 2. The average Bonchev–Trinajstić information content (AvgIpc) is 2.44. The van der Waals surface area contributed by atoms with Gasteiger partial charge in [-0.2, -0.15) is 4.98 Å². The molecule has 9 heteroatoms. The van der Waals surface area contributed by atoms with Crippen molar-refractivity contribution in [3.05, 3.63) is 22.0 Å². The van der Waals surface area contributed by atoms with Crippen molar-refractivity contribution in [3.63, 3.8) is 0 Å². The Morgan fingerprint density at radius 1 is 1.56 bits per heavy atom. The van der Waals surface area contributed by atoms with Gasteiger partial charge in [-0.1, -0.05) is 0 Å². The minimum Gasteiger partial charge on any atom is -0.358 e. The molecule has 0 aliphatic heterocycles. The summed E-state index contributed by atoms with van der Waals surface area (Å²) in [4.78, 5) is 3.81. The van der Waals surface area contributed by atoms with Gasteiger partial charge < -0.3 is 15.5 Å². The Bertz CT molecular complexity index is 541. The monoisotopic (exact) mass is 302 g/mol. The molecule has 0 saturated carbocycles. The topological polar surface area (TPSA) is 82.7 Å². The molecule has 3 N–H and O–H groups in total. The second-order valence-corrected chi connectivity index (χ2v) is 4.23. The molecule has 2 heterocycles. The molecule has 2 radical (unpaired) electrons. The summed E-state index contributed by atoms with van der Waals surface area (Å²) in [5, 5.41) is 24.1. The van der Waals surface area contributed by atoms with Crippen LogP contribution in [0.1, 0.15) is 0 Å². The van der Waals surface area contributed by atoms with Crippen LogP contribution in [0.2, 0.25) is 5.28 Å². The zero-order chi connectivity index (χ0) is 11.9. The fourth-order valence-corrected chi connectivity index (χ4v) is 1.88. The van der Waals surface area contributed by atoms with Crippen molar-refractivity contribution in [2.75, 3.05) is 5.32 Å². The van der Waals surface area contributed by atoms with Crippen LogP contribution in [0.25, 0.3) is 5.52 Å². The van der Waals surface area contributed by atoms with Crippen molar-refractivity contribution in [2.45, 2.75) is 5.81 Å². The van der Waals surface area contributed by atoms with E-state index in [2.05, 4.69) is 31.3 Å². The number of nitrogens with one attached hydrogen (secondary N) is 1. The maximum atomic E-state index is 9.04. The molecule has 0 aliphatic rings. The highest BCUT2D eigenvalue weighted by atomic mass is 79.9. The molecule has 0 aromatic carbocycles. The first-order valence-electron chi connectivity index (χ1n) is 4.09. The van der Waals surface area contributed by atoms with Crippen molar-refractivity contribution >= 4 is 46.7 Å². The summed E-state index contributed by atoms with van der Waals surface area (Å²) in [5.41, 5.74) is 0.488. The van der Waals surface area contributed by atoms with Crippen molar-refractivity contribution in [3.8, 4) is 0 Å². The Balaban J connectivity index is 2.62. The lowest BCUT2D eigenvalue weighted by molar-refractivity contribution is -0.0595. The first kappa shape index (κ1) is 11.7. The van der Waals surface area contributed by atoms with Gasteiger partial charge in [0, 0.05) is 10.7 Å². The van der Waals surface area contributed by atoms with E-state index in [0.717, 1.165) is 0 Å². The third-order valence-corrected chi connectivity index (χ3v) is 2.54. The second kappa shape index (κ2) is 3.88. The third-order valence-electron chi connectivity index (χ3n) is 1.74. The van der Waals surface area contributed by atoms with E-state index in [0.29, 0.717) is 9.99 Å². The number of aliphatic hydroxyl groups is 2. The maximum absolute atomic E-state index is 9.04. The summed E-state index contributed by atoms with van der Waals surface area (Å²) in [5.74, 6) is -2.48. The Morgan fingerprint density at radius 3 is 2.88 bits per heavy atom. The predicted octanol–water partition coefficient (Wildman–Crippen LogP) is 0.321. The summed E-state index contributed by atoms with van der Waals surface area (Å²) < 4.78 is 2.09. The van der Waals surface area contributed by atoms with E-state index in [4.69, 9.17) is 29.7 Å². The molecule has 2 aromatic rings. The number of aromatic nitrogens is 3. The molecule has 2 aromatic heterocycles. The van der Waals surface area contributed by atoms with Crippen LogP contribution in [0.4, 0.5) is 5.82 Å². The largest absolute Gasteiger partial charge is 0.358 e. The Hall–Kier alpha value is -0.825. The minimum absolute atomic E-state index is 0.0534. The molecule has 0 amide bonds. The van der Waals surface area contributed by atoms with Crippen LogP contribution in [0.15, 0.2) is 16.7 Å². The standard InChI is InChI=1S/C7H5BBrClN4O2/c8-7(15,16)12-5-4-3(9)1-2-14(4)13-6(10)11-5/h1-2,15-16H,(H,11,12,13). The molecular weight excluding hydrogens is 298 g/mol. The predicted molar refractivity (Wildman–Crippen MR) is 62.2 cm³/mol. The number of anilines is 1. The molecule has 0 spiro atoms. The zero-order valence-corrected chi connectivity index (χ0v) is 10.1. The van der Waals surface area contributed by atoms with E-state index in [-0.39, 0.29) is 11.1 Å². The summed E-state index contributed by atoms with van der Waals surface area (Å²) >= 11 is 8.92. The van der Waals surface area contributed by atoms with Gasteiger partial charge in [0.2, 0.25) is 5.28 Å². The molecule has 0 saturated heterocycles. The lowest BCUT2D eigenvalue weighted by atomic mass is 10.0. The van der Waals surface area contributed by atoms with Crippen LogP contribution in [-0.2, 0) is 0 Å². The highest BCUT2D eigenvalue weighted by Crippen LogP contribution is 2.26. The van der Waals surface area contributed by atoms with Crippen LogP contribution in [0, 0.1) is 0 Å². The summed E-state index contributed by atoms with van der Waals surface area (Å²) in [7, 11) is 5.00. The van der Waals surface area contributed by atoms with Crippen LogP contribution < -0.4 is 5.32 Å². The zero-order valence-electron chi connectivity index (χ0n) is 7.72. The molecule has 16 heavy (non-hydrogen) atoms. The molecule has 0 aliphatic carbocycles. The van der Waals surface area contributed by atoms with E-state index in [1.54, 1.807) is 12.3 Å². The number of halogens is 2. The lowest BCUT2D eigenvalue weighted by Crippen LogP contribution is -2.38. The fraction of sp³-hybridized carbons (Fsp3) is 0.143. The van der Waals surface area contributed by atoms with Gasteiger partial charge in [0.25, 0.3) is 0 Å². The molecule has 6 nitrogen and oxygen atoms in total. The molecular formula is C7H5BBrClN4O2. The highest BCUT2D eigenvalue weighted by Gasteiger charge is 2.18. The quantitative estimate of drug-likeness (QED) is 0.550. The average molecular weight is 303 g/mol. The van der Waals surface area contributed by atoms with Gasteiger partial charge in [0.15, 0.2) is 19.5 Å². The van der Waals surface area contributed by atoms with Crippen molar-refractivity contribution in [1.82, 2.24) is 14.6 Å². The Morgan fingerprint density at radius 2 is 2.25 bits per heavy atom. The molecule has 2 rings (SSSR count). The molecule has 0 bridgehead atoms. The fourth-order valence-electron chi connectivity index (χ4n) is 1.22. The van der Waals surface area contributed by atoms with Crippen LogP contribution in [0.3, 0.4) is 0 Å². The van der Waals surface area contributed by atoms with Gasteiger partial charge in [0.1, 0.15) is 5.52 Å². The number of hydrogen-bond acceptors (Lipinski definition) is 5. The van der Waals surface area contributed by atoms with E-state index < -0.39 is 5.81 Å². The van der Waals surface area contributed by atoms with E-state index in [9.17, 15) is 0 Å². The highest BCUT2D eigenvalue weighted by molar-refractivity contribution is 9.10. The van der Waals surface area contributed by atoms with Gasteiger partial charge >= 0.3 is 0 Å². The van der Waals surface area contributed by atoms with Gasteiger partial charge in [-0.15, -0.1) is 5.10 Å². The summed E-state index contributed by atoms with van der Waals surface area (Å²) in [6.45, 7) is 0. The molecule has 0 atom stereocenters. The molecule has 0 unspecified atom stereocenters. The normalized spacial score (nSPS) is 12.0. The van der Waals surface area contributed by atoms with Gasteiger partial charge in [-0.05, 0) is 33.6 Å². The number of hydrogen-bond donors (Lipinski definition) is 3. The van der Waals surface area contributed by atoms with Crippen molar-refractivity contribution in [1.29, 1.82) is 0 Å². The first-order chi connectivity index (χ1) is 7.37. The Labute approximate surface area is 105 Å². The third kappa shape index (κ3) is 2.29. The van der Waals surface area contributed by atoms with Crippen molar-refractivity contribution in [2.24, 2.45) is 0 Å². The molecule has 82 valence electrons. The van der Waals surface area contributed by atoms with E-state index in [1.165, 1.54) is 4.52 Å². The molecule has 0 fully saturated rings. The van der Waals surface area contributed by atoms with Gasteiger partial charge in [-0.25, -0.2) is 4.52 Å². The number of nitrogens with zero attached hydrogens (tertiary/aromatic N) is 3. The van der Waals surface area contributed by atoms with Crippen molar-refractivity contribution < 1.29 is 10.2 Å². The Kier molecular flexibility index (Phi) is 2.83. The summed E-state index contributed by atoms with van der Waals surface area (Å²) in [6.07, 6.45) is 1.63. The van der Waals surface area contributed by atoms with Crippen LogP contribution in [-0.4, -0.2) is 38.5 Å². The number of fused-ring (bicyclic) bond motifs is 1. The van der Waals surface area contributed by atoms with Crippen LogP contribution in [0.5, 0.6) is 0 Å². The maximum Gasteiger partial charge on any atom is 0.243 e. The lowest BCUT2D eigenvalue weighted by Gasteiger charge is -2.19. The van der Waals surface area contributed by atoms with E-state index >= 15 is 0 Å². The van der Waals surface area contributed by atoms with Gasteiger partial charge in [0.05, 0.1) is 0 Å². The SMILES string of the molecule is [B]C(O)(O)Nc1nc(Cl)nn2ccc(Br)c12. The smallest absolute Gasteiger partial charge is 0.243 e. The summed E-state index contributed by atoms with van der Waals surface area (Å²) in [6, 6.07) is 1.71.